The molecule has 1 aliphatic rings. The summed E-state index contributed by atoms with van der Waals surface area (Å²) in [4.78, 5) is 14.7. The predicted octanol–water partition coefficient (Wildman–Crippen LogP) is 1.82. The molecular formula is C16H19NO4. The number of hydrogen-bond donors (Lipinski definition) is 1. The fraction of sp³-hybridized carbons (Fsp3) is 0.438. The molecule has 112 valence electrons. The van der Waals surface area contributed by atoms with E-state index in [1.807, 2.05) is 7.05 Å². The molecule has 0 saturated carbocycles. The van der Waals surface area contributed by atoms with Crippen LogP contribution in [-0.2, 0) is 16.8 Å². The van der Waals surface area contributed by atoms with Gasteiger partial charge < -0.3 is 18.8 Å². The Hall–Kier alpha value is -1.85. The highest BCUT2D eigenvalue weighted by Crippen LogP contribution is 2.38. The largest absolute Gasteiger partial charge is 0.469 e. The summed E-state index contributed by atoms with van der Waals surface area (Å²) >= 11 is 0. The number of furan rings is 2. The Labute approximate surface area is 123 Å². The zero-order valence-electron chi connectivity index (χ0n) is 12.0. The monoisotopic (exact) mass is 289 g/mol. The molecule has 2 atom stereocenters. The van der Waals surface area contributed by atoms with E-state index in [0.717, 1.165) is 6.54 Å². The molecule has 2 aromatic heterocycles. The van der Waals surface area contributed by atoms with Crippen molar-refractivity contribution in [2.45, 2.75) is 18.4 Å². The number of carbonyl (C=O) groups excluding carboxylic acids is 1. The van der Waals surface area contributed by atoms with E-state index in [1.165, 1.54) is 6.26 Å². The summed E-state index contributed by atoms with van der Waals surface area (Å²) in [6.07, 6.45) is 3.74. The lowest BCUT2D eigenvalue weighted by Crippen LogP contribution is -2.52. The highest BCUT2D eigenvalue weighted by molar-refractivity contribution is 5.84. The molecule has 5 nitrogen and oxygen atoms in total. The first-order valence-electron chi connectivity index (χ1n) is 7.09. The average molecular weight is 289 g/mol. The predicted molar refractivity (Wildman–Crippen MR) is 75.6 cm³/mol. The second kappa shape index (κ2) is 5.50. The van der Waals surface area contributed by atoms with Gasteiger partial charge in [0.15, 0.2) is 0 Å². The van der Waals surface area contributed by atoms with Crippen molar-refractivity contribution in [1.29, 1.82) is 0 Å². The lowest BCUT2D eigenvalue weighted by atomic mass is 9.76. The van der Waals surface area contributed by atoms with Crippen molar-refractivity contribution in [3.8, 4) is 0 Å². The minimum Gasteiger partial charge on any atom is -0.469 e. The Morgan fingerprint density at radius 2 is 2.14 bits per heavy atom. The topological polar surface area (TPSA) is 66.8 Å². The summed E-state index contributed by atoms with van der Waals surface area (Å²) in [5.74, 6) is 0.534. The molecule has 1 saturated heterocycles. The van der Waals surface area contributed by atoms with Crippen LogP contribution >= 0.6 is 0 Å². The Morgan fingerprint density at radius 1 is 1.38 bits per heavy atom. The first-order valence-corrected chi connectivity index (χ1v) is 7.09. The quantitative estimate of drug-likeness (QED) is 0.930. The number of ketones is 1. The van der Waals surface area contributed by atoms with Crippen LogP contribution in [-0.4, -0.2) is 35.9 Å². The van der Waals surface area contributed by atoms with E-state index in [2.05, 4.69) is 4.90 Å². The highest BCUT2D eigenvalue weighted by atomic mass is 16.4. The highest BCUT2D eigenvalue weighted by Gasteiger charge is 2.47. The molecule has 0 bridgehead atoms. The van der Waals surface area contributed by atoms with E-state index in [9.17, 15) is 9.90 Å². The third-order valence-electron chi connectivity index (χ3n) is 4.21. The minimum absolute atomic E-state index is 0.0320. The molecule has 3 heterocycles. The van der Waals surface area contributed by atoms with Crippen molar-refractivity contribution in [1.82, 2.24) is 4.90 Å². The van der Waals surface area contributed by atoms with Crippen LogP contribution in [0.1, 0.15) is 17.9 Å². The Kier molecular flexibility index (Phi) is 3.69. The fourth-order valence-corrected chi connectivity index (χ4v) is 2.99. The third kappa shape index (κ3) is 2.66. The van der Waals surface area contributed by atoms with Crippen molar-refractivity contribution < 1.29 is 18.7 Å². The van der Waals surface area contributed by atoms with Crippen LogP contribution in [0.15, 0.2) is 45.6 Å². The van der Waals surface area contributed by atoms with Crippen molar-refractivity contribution >= 4 is 5.78 Å². The molecule has 1 N–H and O–H groups in total. The van der Waals surface area contributed by atoms with Gasteiger partial charge in [-0.15, -0.1) is 0 Å². The Bertz CT molecular complexity index is 590. The minimum atomic E-state index is -1.24. The van der Waals surface area contributed by atoms with Gasteiger partial charge >= 0.3 is 0 Å². The molecule has 2 aromatic rings. The zero-order valence-corrected chi connectivity index (χ0v) is 12.0. The number of Topliss-reactive ketones (excluding diaryl/α,β-unsaturated/α-hetero) is 1. The van der Waals surface area contributed by atoms with Gasteiger partial charge in [-0.1, -0.05) is 0 Å². The Morgan fingerprint density at radius 3 is 2.81 bits per heavy atom. The third-order valence-corrected chi connectivity index (χ3v) is 4.21. The maximum atomic E-state index is 12.6. The lowest BCUT2D eigenvalue weighted by molar-refractivity contribution is -0.143. The molecule has 0 radical (unpaired) electrons. The van der Waals surface area contributed by atoms with E-state index in [-0.39, 0.29) is 12.2 Å². The van der Waals surface area contributed by atoms with Gasteiger partial charge in [-0.05, 0) is 37.7 Å². The van der Waals surface area contributed by atoms with Gasteiger partial charge in [0.25, 0.3) is 0 Å². The van der Waals surface area contributed by atoms with Gasteiger partial charge in [0.1, 0.15) is 22.9 Å². The van der Waals surface area contributed by atoms with Crippen LogP contribution in [0.2, 0.25) is 0 Å². The van der Waals surface area contributed by atoms with Crippen LogP contribution in [0.5, 0.6) is 0 Å². The molecular weight excluding hydrogens is 270 g/mol. The molecule has 21 heavy (non-hydrogen) atoms. The number of nitrogens with zero attached hydrogens (tertiary/aromatic N) is 1. The molecule has 5 heteroatoms. The summed E-state index contributed by atoms with van der Waals surface area (Å²) in [6.45, 7) is 1.23. The molecule has 0 amide bonds. The molecule has 1 fully saturated rings. The van der Waals surface area contributed by atoms with Gasteiger partial charge in [0.05, 0.1) is 24.9 Å². The van der Waals surface area contributed by atoms with Crippen LogP contribution < -0.4 is 0 Å². The SMILES string of the molecule is CN1CCC(O)(c2ccco2)C(C(=O)Cc2ccco2)C1. The lowest BCUT2D eigenvalue weighted by Gasteiger charge is -2.41. The van der Waals surface area contributed by atoms with Crippen LogP contribution in [0, 0.1) is 5.92 Å². The van der Waals surface area contributed by atoms with Gasteiger partial charge in [-0.25, -0.2) is 0 Å². The molecule has 0 aliphatic carbocycles. The van der Waals surface area contributed by atoms with Crippen LogP contribution in [0.25, 0.3) is 0 Å². The van der Waals surface area contributed by atoms with Crippen molar-refractivity contribution in [2.24, 2.45) is 5.92 Å². The second-order valence-electron chi connectivity index (χ2n) is 5.69. The average Bonchev–Trinajstić information content (AvgIpc) is 3.14. The molecule has 1 aliphatic heterocycles. The standard InChI is InChI=1S/C16H19NO4/c1-17-7-6-16(19,15-5-3-9-21-15)13(11-17)14(18)10-12-4-2-8-20-12/h2-5,8-9,13,19H,6-7,10-11H2,1H3. The van der Waals surface area contributed by atoms with E-state index in [0.29, 0.717) is 24.5 Å². The van der Waals surface area contributed by atoms with Gasteiger partial charge in [0, 0.05) is 13.1 Å². The van der Waals surface area contributed by atoms with Gasteiger partial charge in [-0.2, -0.15) is 0 Å². The smallest absolute Gasteiger partial charge is 0.148 e. The van der Waals surface area contributed by atoms with Gasteiger partial charge in [-0.3, -0.25) is 4.79 Å². The second-order valence-corrected chi connectivity index (χ2v) is 5.69. The Balaban J connectivity index is 1.86. The summed E-state index contributed by atoms with van der Waals surface area (Å²) in [5.41, 5.74) is -1.24. The normalized spacial score (nSPS) is 26.9. The number of hydrogen-bond acceptors (Lipinski definition) is 5. The number of rotatable bonds is 4. The van der Waals surface area contributed by atoms with Crippen molar-refractivity contribution in [3.05, 3.63) is 48.3 Å². The number of piperidine rings is 1. The maximum absolute atomic E-state index is 12.6. The molecule has 3 rings (SSSR count). The number of likely N-dealkylation sites (tertiary alicyclic amines) is 1. The van der Waals surface area contributed by atoms with Crippen LogP contribution in [0.4, 0.5) is 0 Å². The summed E-state index contributed by atoms with van der Waals surface area (Å²) in [7, 11) is 1.95. The first-order chi connectivity index (χ1) is 10.1. The van der Waals surface area contributed by atoms with Crippen LogP contribution in [0.3, 0.4) is 0 Å². The van der Waals surface area contributed by atoms with E-state index in [4.69, 9.17) is 8.83 Å². The van der Waals surface area contributed by atoms with Crippen molar-refractivity contribution in [3.63, 3.8) is 0 Å². The summed E-state index contributed by atoms with van der Waals surface area (Å²) < 4.78 is 10.6. The summed E-state index contributed by atoms with van der Waals surface area (Å²) in [5, 5.41) is 11.0. The van der Waals surface area contributed by atoms with Crippen molar-refractivity contribution in [2.75, 3.05) is 20.1 Å². The molecule has 0 spiro atoms. The number of aliphatic hydroxyl groups is 1. The summed E-state index contributed by atoms with van der Waals surface area (Å²) in [6, 6.07) is 7.00. The molecule has 2 unspecified atom stereocenters. The molecule has 0 aromatic carbocycles. The first kappa shape index (κ1) is 14.1. The van der Waals surface area contributed by atoms with E-state index < -0.39 is 11.5 Å². The number of carbonyl (C=O) groups is 1. The fourth-order valence-electron chi connectivity index (χ4n) is 2.99. The maximum Gasteiger partial charge on any atom is 0.148 e. The van der Waals surface area contributed by atoms with Gasteiger partial charge in [0.2, 0.25) is 0 Å². The van der Waals surface area contributed by atoms with E-state index in [1.54, 1.807) is 30.5 Å². The van der Waals surface area contributed by atoms with E-state index >= 15 is 0 Å². The zero-order chi connectivity index (χ0) is 14.9.